The number of hydrogen-bond donors (Lipinski definition) is 2. The Balaban J connectivity index is 3.39. The zero-order valence-electron chi connectivity index (χ0n) is 11.7. The van der Waals surface area contributed by atoms with Crippen LogP contribution in [0.5, 0.6) is 0 Å². The molecule has 104 valence electrons. The summed E-state index contributed by atoms with van der Waals surface area (Å²) in [7, 11) is 0. The van der Waals surface area contributed by atoms with E-state index in [0.717, 1.165) is 4.90 Å². The average molecular weight is 257 g/mol. The molecule has 0 spiro atoms. The van der Waals surface area contributed by atoms with Crippen LogP contribution in [0, 0.1) is 11.3 Å². The fraction of sp³-hybridized carbons (Fsp3) is 0.846. The number of rotatable bonds is 2. The smallest absolute Gasteiger partial charge is 0.408 e. The van der Waals surface area contributed by atoms with Gasteiger partial charge in [0, 0.05) is 6.04 Å². The molecule has 3 unspecified atom stereocenters. The molecule has 0 aliphatic carbocycles. The molecule has 0 radical (unpaired) electrons. The highest BCUT2D eigenvalue weighted by molar-refractivity contribution is 5.85. The lowest BCUT2D eigenvalue weighted by Gasteiger charge is -2.42. The number of carbonyl (C=O) groups is 2. The third-order valence-corrected chi connectivity index (χ3v) is 4.18. The van der Waals surface area contributed by atoms with Gasteiger partial charge in [-0.2, -0.15) is 0 Å². The first-order chi connectivity index (χ1) is 8.09. The highest BCUT2D eigenvalue weighted by Crippen LogP contribution is 2.50. The molecule has 1 saturated heterocycles. The van der Waals surface area contributed by atoms with E-state index in [0.29, 0.717) is 12.8 Å². The number of aliphatic carboxylic acids is 1. The van der Waals surface area contributed by atoms with Crippen LogP contribution in [0.15, 0.2) is 0 Å². The molecule has 1 fully saturated rings. The van der Waals surface area contributed by atoms with Crippen LogP contribution in [0.3, 0.4) is 0 Å². The Kier molecular flexibility index (Phi) is 3.65. The van der Waals surface area contributed by atoms with E-state index in [2.05, 4.69) is 0 Å². The van der Waals surface area contributed by atoms with Gasteiger partial charge in [0.15, 0.2) is 0 Å². The van der Waals surface area contributed by atoms with E-state index in [-0.39, 0.29) is 17.4 Å². The Morgan fingerprint density at radius 3 is 2.11 bits per heavy atom. The van der Waals surface area contributed by atoms with Gasteiger partial charge in [-0.25, -0.2) is 9.59 Å². The van der Waals surface area contributed by atoms with Crippen LogP contribution in [0.25, 0.3) is 0 Å². The third-order valence-electron chi connectivity index (χ3n) is 4.18. The summed E-state index contributed by atoms with van der Waals surface area (Å²) in [6.07, 6.45) is -0.255. The van der Waals surface area contributed by atoms with Crippen molar-refractivity contribution in [3.63, 3.8) is 0 Å². The first-order valence-electron chi connectivity index (χ1n) is 6.34. The van der Waals surface area contributed by atoms with E-state index >= 15 is 0 Å². The number of nitrogens with zero attached hydrogens (tertiary/aromatic N) is 1. The van der Waals surface area contributed by atoms with Gasteiger partial charge in [-0.3, -0.25) is 4.90 Å². The largest absolute Gasteiger partial charge is 0.479 e. The van der Waals surface area contributed by atoms with Crippen molar-refractivity contribution >= 4 is 12.1 Å². The molecule has 1 rings (SSSR count). The summed E-state index contributed by atoms with van der Waals surface area (Å²) >= 11 is 0. The topological polar surface area (TPSA) is 77.8 Å². The standard InChI is InChI=1S/C13H23NO4/c1-6-13(10(15)16)9(12(3,4)5)7-8(2)14(13)11(17)18/h8-9H,6-7H2,1-5H3,(H,15,16)(H,17,18). The Morgan fingerprint density at radius 2 is 1.83 bits per heavy atom. The minimum atomic E-state index is -1.30. The van der Waals surface area contributed by atoms with Crippen LogP contribution >= 0.6 is 0 Å². The van der Waals surface area contributed by atoms with Crippen LogP contribution in [0.1, 0.15) is 47.5 Å². The van der Waals surface area contributed by atoms with Crippen molar-refractivity contribution in [2.75, 3.05) is 0 Å². The lowest BCUT2D eigenvalue weighted by Crippen LogP contribution is -2.59. The molecule has 3 atom stereocenters. The zero-order valence-corrected chi connectivity index (χ0v) is 11.7. The molecule has 5 heteroatoms. The fourth-order valence-electron chi connectivity index (χ4n) is 3.45. The molecule has 18 heavy (non-hydrogen) atoms. The Labute approximate surface area is 108 Å². The quantitative estimate of drug-likeness (QED) is 0.797. The first-order valence-corrected chi connectivity index (χ1v) is 6.34. The van der Waals surface area contributed by atoms with Gasteiger partial charge in [0.1, 0.15) is 5.54 Å². The number of carboxylic acids is 1. The van der Waals surface area contributed by atoms with Gasteiger partial charge in [-0.05, 0) is 31.1 Å². The van der Waals surface area contributed by atoms with E-state index in [1.807, 2.05) is 20.8 Å². The summed E-state index contributed by atoms with van der Waals surface area (Å²) in [6.45, 7) is 9.46. The fourth-order valence-corrected chi connectivity index (χ4v) is 3.45. The highest BCUT2D eigenvalue weighted by Gasteiger charge is 2.61. The van der Waals surface area contributed by atoms with E-state index < -0.39 is 17.6 Å². The molecule has 1 heterocycles. The molecular formula is C13H23NO4. The third kappa shape index (κ3) is 1.95. The van der Waals surface area contributed by atoms with Gasteiger partial charge in [-0.15, -0.1) is 0 Å². The lowest BCUT2D eigenvalue weighted by molar-refractivity contribution is -0.154. The Morgan fingerprint density at radius 1 is 1.33 bits per heavy atom. The highest BCUT2D eigenvalue weighted by atomic mass is 16.4. The van der Waals surface area contributed by atoms with Crippen LogP contribution in [-0.2, 0) is 4.79 Å². The van der Waals surface area contributed by atoms with Crippen molar-refractivity contribution in [2.24, 2.45) is 11.3 Å². The van der Waals surface area contributed by atoms with E-state index in [1.165, 1.54) is 0 Å². The van der Waals surface area contributed by atoms with Gasteiger partial charge in [0.25, 0.3) is 0 Å². The summed E-state index contributed by atoms with van der Waals surface area (Å²) in [5.74, 6) is -1.21. The molecule has 0 saturated carbocycles. The number of likely N-dealkylation sites (tertiary alicyclic amines) is 1. The van der Waals surface area contributed by atoms with Crippen molar-refractivity contribution in [3.05, 3.63) is 0 Å². The van der Waals surface area contributed by atoms with Crippen LogP contribution in [0.2, 0.25) is 0 Å². The van der Waals surface area contributed by atoms with Gasteiger partial charge >= 0.3 is 12.1 Å². The average Bonchev–Trinajstić information content (AvgIpc) is 2.51. The maximum absolute atomic E-state index is 11.8. The monoisotopic (exact) mass is 257 g/mol. The summed E-state index contributed by atoms with van der Waals surface area (Å²) in [5.41, 5.74) is -1.55. The lowest BCUT2D eigenvalue weighted by atomic mass is 9.68. The maximum Gasteiger partial charge on any atom is 0.408 e. The number of hydrogen-bond acceptors (Lipinski definition) is 2. The molecule has 1 aliphatic heterocycles. The maximum atomic E-state index is 11.8. The van der Waals surface area contributed by atoms with Crippen molar-refractivity contribution in [2.45, 2.75) is 59.0 Å². The van der Waals surface area contributed by atoms with Gasteiger partial charge in [0.05, 0.1) is 0 Å². The Hall–Kier alpha value is -1.26. The molecule has 0 aromatic rings. The van der Waals surface area contributed by atoms with Crippen molar-refractivity contribution in [1.29, 1.82) is 0 Å². The summed E-state index contributed by atoms with van der Waals surface area (Å²) in [6, 6.07) is -0.261. The second kappa shape index (κ2) is 4.44. The zero-order chi connectivity index (χ0) is 14.3. The molecule has 2 N–H and O–H groups in total. The predicted octanol–water partition coefficient (Wildman–Crippen LogP) is 2.65. The normalized spacial score (nSPS) is 32.6. The molecule has 1 amide bonds. The van der Waals surface area contributed by atoms with E-state index in [9.17, 15) is 19.8 Å². The second-order valence-electron chi connectivity index (χ2n) is 6.24. The van der Waals surface area contributed by atoms with Gasteiger partial charge in [0.2, 0.25) is 0 Å². The van der Waals surface area contributed by atoms with Crippen molar-refractivity contribution < 1.29 is 19.8 Å². The molecule has 5 nitrogen and oxygen atoms in total. The first kappa shape index (κ1) is 14.8. The molecule has 1 aliphatic rings. The predicted molar refractivity (Wildman–Crippen MR) is 67.5 cm³/mol. The molecule has 0 aromatic carbocycles. The molecule has 0 bridgehead atoms. The minimum Gasteiger partial charge on any atom is -0.479 e. The summed E-state index contributed by atoms with van der Waals surface area (Å²) in [4.78, 5) is 24.3. The number of carboxylic acid groups (broad SMARTS) is 2. The van der Waals surface area contributed by atoms with E-state index in [1.54, 1.807) is 13.8 Å². The summed E-state index contributed by atoms with van der Waals surface area (Å²) < 4.78 is 0. The number of amides is 1. The van der Waals surface area contributed by atoms with Crippen LogP contribution < -0.4 is 0 Å². The second-order valence-corrected chi connectivity index (χ2v) is 6.24. The van der Waals surface area contributed by atoms with Gasteiger partial charge in [-0.1, -0.05) is 27.7 Å². The molecular weight excluding hydrogens is 234 g/mol. The Bertz CT molecular complexity index is 360. The van der Waals surface area contributed by atoms with Crippen molar-refractivity contribution in [3.8, 4) is 0 Å². The molecule has 0 aromatic heterocycles. The summed E-state index contributed by atoms with van der Waals surface area (Å²) in [5, 5.41) is 19.0. The van der Waals surface area contributed by atoms with E-state index in [4.69, 9.17) is 0 Å². The SMILES string of the molecule is CCC1(C(=O)O)C(C(C)(C)C)CC(C)N1C(=O)O. The van der Waals surface area contributed by atoms with Crippen LogP contribution in [-0.4, -0.2) is 38.8 Å². The van der Waals surface area contributed by atoms with Crippen molar-refractivity contribution in [1.82, 2.24) is 4.90 Å². The minimum absolute atomic E-state index is 0.182. The van der Waals surface area contributed by atoms with Crippen LogP contribution in [0.4, 0.5) is 4.79 Å². The van der Waals surface area contributed by atoms with Gasteiger partial charge < -0.3 is 10.2 Å².